The van der Waals surface area contributed by atoms with E-state index in [1.807, 2.05) is 37.3 Å². The molecule has 0 unspecified atom stereocenters. The smallest absolute Gasteiger partial charge is 0.321 e. The van der Waals surface area contributed by atoms with Crippen LogP contribution in [0.25, 0.3) is 0 Å². The maximum absolute atomic E-state index is 12.2. The van der Waals surface area contributed by atoms with Crippen molar-refractivity contribution in [2.24, 2.45) is 0 Å². The number of ether oxygens (including phenoxy) is 1. The Balaban J connectivity index is 1.87. The number of amides is 2. The average Bonchev–Trinajstić information content (AvgIpc) is 2.58. The summed E-state index contributed by atoms with van der Waals surface area (Å²) in [6.45, 7) is 8.51. The van der Waals surface area contributed by atoms with E-state index < -0.39 is 0 Å². The van der Waals surface area contributed by atoms with Crippen LogP contribution in [0.5, 0.6) is 5.75 Å². The highest BCUT2D eigenvalue weighted by molar-refractivity contribution is 5.91. The lowest BCUT2D eigenvalue weighted by Gasteiger charge is -2.17. The van der Waals surface area contributed by atoms with Crippen LogP contribution in [-0.2, 0) is 6.42 Å². The largest absolute Gasteiger partial charge is 0.473 e. The van der Waals surface area contributed by atoms with Gasteiger partial charge in [-0.05, 0) is 48.1 Å². The summed E-state index contributed by atoms with van der Waals surface area (Å²) in [6, 6.07) is 13.8. The van der Waals surface area contributed by atoms with Gasteiger partial charge in [0.05, 0.1) is 0 Å². The minimum Gasteiger partial charge on any atom is -0.473 e. The zero-order chi connectivity index (χ0) is 18.2. The van der Waals surface area contributed by atoms with Crippen LogP contribution >= 0.6 is 0 Å². The lowest BCUT2D eigenvalue weighted by molar-refractivity contribution is 0.234. The predicted octanol–water partition coefficient (Wildman–Crippen LogP) is 5.23. The highest BCUT2D eigenvalue weighted by Gasteiger charge is 2.11. The Kier molecular flexibility index (Phi) is 6.87. The molecule has 0 aliphatic rings. The highest BCUT2D eigenvalue weighted by atomic mass is 16.5. The molecule has 0 bridgehead atoms. The molecule has 4 heteroatoms. The van der Waals surface area contributed by atoms with Crippen molar-refractivity contribution in [2.75, 3.05) is 12.0 Å². The number of hydrogen-bond acceptors (Lipinski definition) is 2. The standard InChI is InChI=1S/C21H28N2O2/c1-5-7-17-10-12-18(13-11-17)25-14-22-21(24)23-20-16(4)8-6-9-19(20)15(2)3/h6,8-13,15H,5,7,14H2,1-4H3,(H2,22,23,24). The summed E-state index contributed by atoms with van der Waals surface area (Å²) < 4.78 is 5.58. The normalized spacial score (nSPS) is 10.6. The Bertz CT molecular complexity index is 694. The van der Waals surface area contributed by atoms with Gasteiger partial charge in [-0.2, -0.15) is 0 Å². The first-order valence-corrected chi connectivity index (χ1v) is 8.87. The molecule has 0 aromatic heterocycles. The Morgan fingerprint density at radius 3 is 2.48 bits per heavy atom. The number of hydrogen-bond donors (Lipinski definition) is 2. The van der Waals surface area contributed by atoms with Gasteiger partial charge < -0.3 is 15.4 Å². The fourth-order valence-corrected chi connectivity index (χ4v) is 2.73. The monoisotopic (exact) mass is 340 g/mol. The summed E-state index contributed by atoms with van der Waals surface area (Å²) in [6.07, 6.45) is 2.19. The number of rotatable bonds is 7. The van der Waals surface area contributed by atoms with Crippen molar-refractivity contribution in [1.29, 1.82) is 0 Å². The molecule has 0 aliphatic heterocycles. The lowest BCUT2D eigenvalue weighted by atomic mass is 9.98. The van der Waals surface area contributed by atoms with Crippen molar-refractivity contribution in [2.45, 2.75) is 46.5 Å². The van der Waals surface area contributed by atoms with Crippen molar-refractivity contribution >= 4 is 11.7 Å². The van der Waals surface area contributed by atoms with E-state index >= 15 is 0 Å². The van der Waals surface area contributed by atoms with Crippen LogP contribution in [0, 0.1) is 6.92 Å². The summed E-state index contributed by atoms with van der Waals surface area (Å²) in [5, 5.41) is 5.68. The Morgan fingerprint density at radius 1 is 1.12 bits per heavy atom. The van der Waals surface area contributed by atoms with Gasteiger partial charge in [0.15, 0.2) is 6.73 Å². The van der Waals surface area contributed by atoms with Crippen LogP contribution in [0.4, 0.5) is 10.5 Å². The van der Waals surface area contributed by atoms with Gasteiger partial charge in [-0.1, -0.05) is 57.5 Å². The molecule has 2 aromatic carbocycles. The lowest BCUT2D eigenvalue weighted by Crippen LogP contribution is -2.32. The molecule has 0 saturated heterocycles. The number of para-hydroxylation sites is 1. The van der Waals surface area contributed by atoms with E-state index in [4.69, 9.17) is 4.74 Å². The van der Waals surface area contributed by atoms with Crippen molar-refractivity contribution in [3.8, 4) is 5.75 Å². The van der Waals surface area contributed by atoms with Crippen LogP contribution < -0.4 is 15.4 Å². The van der Waals surface area contributed by atoms with Crippen molar-refractivity contribution in [3.05, 3.63) is 59.2 Å². The van der Waals surface area contributed by atoms with Crippen molar-refractivity contribution in [1.82, 2.24) is 5.32 Å². The number of anilines is 1. The summed E-state index contributed by atoms with van der Waals surface area (Å²) >= 11 is 0. The molecule has 2 N–H and O–H groups in total. The van der Waals surface area contributed by atoms with E-state index in [9.17, 15) is 4.79 Å². The van der Waals surface area contributed by atoms with Gasteiger partial charge >= 0.3 is 6.03 Å². The molecule has 0 fully saturated rings. The molecule has 0 saturated carbocycles. The minimum absolute atomic E-state index is 0.127. The van der Waals surface area contributed by atoms with E-state index in [0.717, 1.165) is 35.4 Å². The second-order valence-electron chi connectivity index (χ2n) is 6.51. The molecule has 2 rings (SSSR count). The topological polar surface area (TPSA) is 50.4 Å². The molecule has 0 aliphatic carbocycles. The molecule has 0 spiro atoms. The number of nitrogens with one attached hydrogen (secondary N) is 2. The Labute approximate surface area is 150 Å². The zero-order valence-electron chi connectivity index (χ0n) is 15.6. The maximum Gasteiger partial charge on any atom is 0.321 e. The molecule has 2 amide bonds. The Hall–Kier alpha value is -2.49. The molecule has 0 heterocycles. The third-order valence-corrected chi connectivity index (χ3v) is 4.10. The van der Waals surface area contributed by atoms with Crippen LogP contribution in [0.15, 0.2) is 42.5 Å². The van der Waals surface area contributed by atoms with Crippen LogP contribution in [-0.4, -0.2) is 12.8 Å². The van der Waals surface area contributed by atoms with Crippen LogP contribution in [0.3, 0.4) is 0 Å². The number of aryl methyl sites for hydroxylation is 2. The van der Waals surface area contributed by atoms with Crippen molar-refractivity contribution < 1.29 is 9.53 Å². The van der Waals surface area contributed by atoms with E-state index in [0.29, 0.717) is 5.92 Å². The molecule has 4 nitrogen and oxygen atoms in total. The van der Waals surface area contributed by atoms with E-state index in [1.165, 1.54) is 5.56 Å². The molecular formula is C21H28N2O2. The Morgan fingerprint density at radius 2 is 1.84 bits per heavy atom. The van der Waals surface area contributed by atoms with Gasteiger partial charge in [0.25, 0.3) is 0 Å². The van der Waals surface area contributed by atoms with Gasteiger partial charge in [-0.15, -0.1) is 0 Å². The number of carbonyl (C=O) groups excluding carboxylic acids is 1. The van der Waals surface area contributed by atoms with E-state index in [2.05, 4.69) is 43.5 Å². The second kappa shape index (κ2) is 9.11. The number of carbonyl (C=O) groups is 1. The van der Waals surface area contributed by atoms with Gasteiger partial charge in [0.2, 0.25) is 0 Å². The molecular weight excluding hydrogens is 312 g/mol. The summed E-state index contributed by atoms with van der Waals surface area (Å²) in [5.41, 5.74) is 4.34. The molecule has 134 valence electrons. The third kappa shape index (κ3) is 5.52. The maximum atomic E-state index is 12.2. The zero-order valence-corrected chi connectivity index (χ0v) is 15.6. The van der Waals surface area contributed by atoms with Gasteiger partial charge in [-0.3, -0.25) is 0 Å². The first-order valence-electron chi connectivity index (χ1n) is 8.87. The molecule has 0 radical (unpaired) electrons. The summed E-state index contributed by atoms with van der Waals surface area (Å²) in [5.74, 6) is 1.09. The summed E-state index contributed by atoms with van der Waals surface area (Å²) in [4.78, 5) is 12.2. The van der Waals surface area contributed by atoms with Gasteiger partial charge in [-0.25, -0.2) is 4.79 Å². The summed E-state index contributed by atoms with van der Waals surface area (Å²) in [7, 11) is 0. The van der Waals surface area contributed by atoms with Crippen LogP contribution in [0.1, 0.15) is 49.8 Å². The van der Waals surface area contributed by atoms with E-state index in [-0.39, 0.29) is 12.8 Å². The predicted molar refractivity (Wildman–Crippen MR) is 103 cm³/mol. The van der Waals surface area contributed by atoms with Gasteiger partial charge in [0, 0.05) is 5.69 Å². The number of benzene rings is 2. The third-order valence-electron chi connectivity index (χ3n) is 4.10. The fourth-order valence-electron chi connectivity index (χ4n) is 2.73. The fraction of sp³-hybridized carbons (Fsp3) is 0.381. The van der Waals surface area contributed by atoms with Gasteiger partial charge in [0.1, 0.15) is 5.75 Å². The SMILES string of the molecule is CCCc1ccc(OCNC(=O)Nc2c(C)cccc2C(C)C)cc1. The molecule has 2 aromatic rings. The first-order chi connectivity index (χ1) is 12.0. The average molecular weight is 340 g/mol. The molecule has 0 atom stereocenters. The first kappa shape index (κ1) is 18.8. The second-order valence-corrected chi connectivity index (χ2v) is 6.51. The highest BCUT2D eigenvalue weighted by Crippen LogP contribution is 2.27. The quantitative estimate of drug-likeness (QED) is 0.678. The van der Waals surface area contributed by atoms with E-state index in [1.54, 1.807) is 0 Å². The van der Waals surface area contributed by atoms with Crippen molar-refractivity contribution in [3.63, 3.8) is 0 Å². The number of urea groups is 1. The van der Waals surface area contributed by atoms with Crippen LogP contribution in [0.2, 0.25) is 0 Å². The molecule has 25 heavy (non-hydrogen) atoms. The minimum atomic E-state index is -0.265.